The van der Waals surface area contributed by atoms with Crippen molar-refractivity contribution in [1.82, 2.24) is 13.9 Å². The summed E-state index contributed by atoms with van der Waals surface area (Å²) in [7, 11) is -3.84. The first kappa shape index (κ1) is 29.8. The zero-order chi connectivity index (χ0) is 30.3. The molecule has 0 N–H and O–H groups in total. The molecule has 5 rings (SSSR count). The van der Waals surface area contributed by atoms with Crippen molar-refractivity contribution in [1.29, 1.82) is 0 Å². The van der Waals surface area contributed by atoms with Crippen LogP contribution in [-0.2, 0) is 28.4 Å². The van der Waals surface area contributed by atoms with Crippen molar-refractivity contribution in [3.05, 3.63) is 87.4 Å². The molecule has 0 spiro atoms. The van der Waals surface area contributed by atoms with Crippen LogP contribution in [0.1, 0.15) is 55.7 Å². The van der Waals surface area contributed by atoms with Gasteiger partial charge in [-0.15, -0.1) is 0 Å². The highest BCUT2D eigenvalue weighted by Gasteiger charge is 2.48. The van der Waals surface area contributed by atoms with Crippen LogP contribution in [0.4, 0.5) is 27.6 Å². The summed E-state index contributed by atoms with van der Waals surface area (Å²) in [5.41, 5.74) is 1.13. The molecule has 224 valence electrons. The van der Waals surface area contributed by atoms with Gasteiger partial charge in [0, 0.05) is 32.1 Å². The van der Waals surface area contributed by atoms with Crippen molar-refractivity contribution in [3.63, 3.8) is 0 Å². The molecule has 3 heterocycles. The zero-order valence-electron chi connectivity index (χ0n) is 22.5. The molecule has 2 aromatic heterocycles. The van der Waals surface area contributed by atoms with E-state index in [-0.39, 0.29) is 18.7 Å². The standard InChI is InChI=1S/C28H27F5N4O4S/c1-35-11-9-19(13-21(35)38)36(15-18-8-7-17(14-34-18)16-5-3-2-4-6-16)28(39)20-10-12-37(20)42(40,41)27-25(32)23(30)22(29)24(31)26(27)33/h7-9,11,13-14,16,20H,2-6,10,12,15H2,1H3. The maximum Gasteiger partial charge on any atom is 0.252 e. The number of nitrogens with zero attached hydrogens (tertiary/aromatic N) is 4. The molecule has 1 aliphatic heterocycles. The Bertz CT molecular complexity index is 1660. The lowest BCUT2D eigenvalue weighted by Gasteiger charge is -2.41. The number of rotatable bonds is 7. The van der Waals surface area contributed by atoms with Gasteiger partial charge in [-0.3, -0.25) is 14.6 Å². The molecule has 2 fully saturated rings. The van der Waals surface area contributed by atoms with Crippen molar-refractivity contribution < 1.29 is 35.2 Å². The Hall–Kier alpha value is -3.65. The van der Waals surface area contributed by atoms with Crippen LogP contribution >= 0.6 is 0 Å². The highest BCUT2D eigenvalue weighted by molar-refractivity contribution is 7.89. The van der Waals surface area contributed by atoms with Gasteiger partial charge in [0.25, 0.3) is 5.56 Å². The lowest BCUT2D eigenvalue weighted by Crippen LogP contribution is -2.59. The number of benzene rings is 1. The lowest BCUT2D eigenvalue weighted by molar-refractivity contribution is -0.125. The summed E-state index contributed by atoms with van der Waals surface area (Å²) >= 11 is 0. The normalized spacial score (nSPS) is 18.1. The first-order valence-corrected chi connectivity index (χ1v) is 14.8. The van der Waals surface area contributed by atoms with Gasteiger partial charge in [-0.05, 0) is 42.9 Å². The third-order valence-electron chi connectivity index (χ3n) is 7.90. The fourth-order valence-corrected chi connectivity index (χ4v) is 7.12. The largest absolute Gasteiger partial charge is 0.318 e. The Morgan fingerprint density at radius 1 is 0.952 bits per heavy atom. The van der Waals surface area contributed by atoms with Gasteiger partial charge < -0.3 is 9.47 Å². The van der Waals surface area contributed by atoms with E-state index >= 15 is 0 Å². The van der Waals surface area contributed by atoms with E-state index in [1.165, 1.54) is 30.3 Å². The van der Waals surface area contributed by atoms with Crippen molar-refractivity contribution >= 4 is 21.6 Å². The summed E-state index contributed by atoms with van der Waals surface area (Å²) < 4.78 is 98.0. The van der Waals surface area contributed by atoms with Gasteiger partial charge in [-0.25, -0.2) is 30.4 Å². The van der Waals surface area contributed by atoms with Crippen LogP contribution in [0.15, 0.2) is 46.3 Å². The quantitative estimate of drug-likeness (QED) is 0.223. The Balaban J connectivity index is 1.47. The van der Waals surface area contributed by atoms with Gasteiger partial charge in [0.05, 0.1) is 17.9 Å². The van der Waals surface area contributed by atoms with Gasteiger partial charge in [0.1, 0.15) is 6.04 Å². The molecule has 42 heavy (non-hydrogen) atoms. The van der Waals surface area contributed by atoms with E-state index in [0.717, 1.165) is 42.2 Å². The molecule has 2 aliphatic rings. The number of halogens is 5. The molecule has 1 saturated heterocycles. The molecular formula is C28H27F5N4O4S. The van der Waals surface area contributed by atoms with Gasteiger partial charge in [-0.1, -0.05) is 25.3 Å². The van der Waals surface area contributed by atoms with Crippen molar-refractivity contribution in [2.75, 3.05) is 11.4 Å². The minimum atomic E-state index is -5.33. The Morgan fingerprint density at radius 2 is 1.60 bits per heavy atom. The average Bonchev–Trinajstić information content (AvgIpc) is 2.95. The molecule has 1 unspecified atom stereocenters. The number of anilines is 1. The number of hydrogen-bond acceptors (Lipinski definition) is 5. The number of carbonyl (C=O) groups is 1. The number of carbonyl (C=O) groups excluding carboxylic acids is 1. The summed E-state index contributed by atoms with van der Waals surface area (Å²) in [4.78, 5) is 29.7. The predicted molar refractivity (Wildman–Crippen MR) is 141 cm³/mol. The van der Waals surface area contributed by atoms with E-state index in [9.17, 15) is 40.0 Å². The Labute approximate surface area is 238 Å². The van der Waals surface area contributed by atoms with E-state index < -0.39 is 68.1 Å². The highest BCUT2D eigenvalue weighted by atomic mass is 32.2. The number of pyridine rings is 2. The molecule has 14 heteroatoms. The molecule has 0 bridgehead atoms. The topological polar surface area (TPSA) is 92.6 Å². The second-order valence-corrected chi connectivity index (χ2v) is 12.3. The van der Waals surface area contributed by atoms with Crippen molar-refractivity contribution in [3.8, 4) is 0 Å². The second kappa shape index (κ2) is 11.6. The molecule has 1 amide bonds. The number of hydrogen-bond donors (Lipinski definition) is 0. The van der Waals surface area contributed by atoms with Gasteiger partial charge in [-0.2, -0.15) is 4.31 Å². The van der Waals surface area contributed by atoms with Crippen LogP contribution in [0.5, 0.6) is 0 Å². The van der Waals surface area contributed by atoms with E-state index in [2.05, 4.69) is 4.98 Å². The number of amides is 1. The van der Waals surface area contributed by atoms with Crippen LogP contribution in [0.2, 0.25) is 0 Å². The van der Waals surface area contributed by atoms with Gasteiger partial charge in [0.15, 0.2) is 28.2 Å². The third kappa shape index (κ3) is 5.33. The predicted octanol–water partition coefficient (Wildman–Crippen LogP) is 4.52. The number of aromatic nitrogens is 2. The van der Waals surface area contributed by atoms with Crippen LogP contribution in [0, 0.1) is 29.1 Å². The van der Waals surface area contributed by atoms with E-state index in [1.807, 2.05) is 6.07 Å². The smallest absolute Gasteiger partial charge is 0.252 e. The first-order chi connectivity index (χ1) is 19.9. The van der Waals surface area contributed by atoms with E-state index in [4.69, 9.17) is 0 Å². The molecule has 3 aromatic rings. The van der Waals surface area contributed by atoms with Crippen LogP contribution in [0.3, 0.4) is 0 Å². The minimum Gasteiger partial charge on any atom is -0.318 e. The average molecular weight is 611 g/mol. The van der Waals surface area contributed by atoms with Crippen LogP contribution < -0.4 is 10.5 Å². The molecule has 8 nitrogen and oxygen atoms in total. The fraction of sp³-hybridized carbons (Fsp3) is 0.393. The lowest BCUT2D eigenvalue weighted by atomic mass is 9.85. The third-order valence-corrected chi connectivity index (χ3v) is 9.83. The highest BCUT2D eigenvalue weighted by Crippen LogP contribution is 2.35. The Kier molecular flexibility index (Phi) is 8.21. The maximum atomic E-state index is 14.4. The first-order valence-electron chi connectivity index (χ1n) is 13.4. The number of sulfonamides is 1. The van der Waals surface area contributed by atoms with Gasteiger partial charge >= 0.3 is 0 Å². The summed E-state index contributed by atoms with van der Waals surface area (Å²) in [6.07, 6.45) is 8.58. The zero-order valence-corrected chi connectivity index (χ0v) is 23.3. The summed E-state index contributed by atoms with van der Waals surface area (Å²) in [6.45, 7) is -0.583. The van der Waals surface area contributed by atoms with E-state index in [0.29, 0.717) is 15.9 Å². The van der Waals surface area contributed by atoms with Crippen molar-refractivity contribution in [2.24, 2.45) is 7.05 Å². The molecule has 1 aromatic carbocycles. The van der Waals surface area contributed by atoms with Gasteiger partial charge in [0.2, 0.25) is 21.7 Å². The number of aryl methyl sites for hydroxylation is 1. The monoisotopic (exact) mass is 610 g/mol. The SMILES string of the molecule is Cn1ccc(N(Cc2ccc(C3CCCCC3)cn2)C(=O)C2CCN2S(=O)(=O)c2c(F)c(F)c(F)c(F)c2F)cc1=O. The second-order valence-electron chi connectivity index (χ2n) is 10.5. The molecule has 0 radical (unpaired) electrons. The summed E-state index contributed by atoms with van der Waals surface area (Å²) in [5, 5.41) is 0. The molecule has 1 atom stereocenters. The summed E-state index contributed by atoms with van der Waals surface area (Å²) in [5.74, 6) is -12.9. The minimum absolute atomic E-state index is 0.0944. The fourth-order valence-electron chi connectivity index (χ4n) is 5.38. The molecule has 1 saturated carbocycles. The summed E-state index contributed by atoms with van der Waals surface area (Å²) in [6, 6.07) is 4.73. The maximum absolute atomic E-state index is 14.4. The van der Waals surface area contributed by atoms with Crippen LogP contribution in [0.25, 0.3) is 0 Å². The van der Waals surface area contributed by atoms with Crippen LogP contribution in [-0.4, -0.2) is 40.8 Å². The molecular weight excluding hydrogens is 583 g/mol. The van der Waals surface area contributed by atoms with Crippen molar-refractivity contribution in [2.45, 2.75) is 61.9 Å². The molecule has 1 aliphatic carbocycles. The Morgan fingerprint density at radius 3 is 2.14 bits per heavy atom. The van der Waals surface area contributed by atoms with E-state index in [1.54, 1.807) is 12.3 Å².